The molecule has 1 N–H and O–H groups in total. The maximum atomic E-state index is 12.2. The highest BCUT2D eigenvalue weighted by atomic mass is 16.5. The van der Waals surface area contributed by atoms with E-state index in [1.807, 2.05) is 19.1 Å². The van der Waals surface area contributed by atoms with E-state index in [4.69, 9.17) is 9.15 Å². The lowest BCUT2D eigenvalue weighted by Gasteiger charge is -2.09. The number of carbonyl (C=O) groups is 1. The van der Waals surface area contributed by atoms with Crippen LogP contribution in [0.2, 0.25) is 0 Å². The van der Waals surface area contributed by atoms with Crippen LogP contribution in [0.4, 0.5) is 5.69 Å². The van der Waals surface area contributed by atoms with Crippen molar-refractivity contribution < 1.29 is 13.9 Å². The standard InChI is InChI=1S/C21H17N3O4/c1-14-7-8-24-19(10-14)22-16(12-20(24)25)13-28-17-5-2-4-15(11-17)23-21(26)18-6-3-9-27-18/h2-12H,13H2,1H3,(H,23,26). The molecule has 0 aliphatic rings. The summed E-state index contributed by atoms with van der Waals surface area (Å²) in [5.41, 5.74) is 2.53. The smallest absolute Gasteiger partial charge is 0.291 e. The summed E-state index contributed by atoms with van der Waals surface area (Å²) in [4.78, 5) is 28.8. The molecule has 7 nitrogen and oxygen atoms in total. The van der Waals surface area contributed by atoms with Gasteiger partial charge in [-0.2, -0.15) is 0 Å². The number of ether oxygens (including phenoxy) is 1. The number of pyridine rings is 1. The second-order valence-electron chi connectivity index (χ2n) is 6.27. The lowest BCUT2D eigenvalue weighted by atomic mass is 10.3. The Kier molecular flexibility index (Phi) is 4.63. The molecule has 3 aromatic heterocycles. The van der Waals surface area contributed by atoms with Gasteiger partial charge in [0.05, 0.1) is 12.0 Å². The maximum Gasteiger partial charge on any atom is 0.291 e. The number of carbonyl (C=O) groups excluding carboxylic acids is 1. The first kappa shape index (κ1) is 17.5. The van der Waals surface area contributed by atoms with E-state index in [9.17, 15) is 9.59 Å². The second-order valence-corrected chi connectivity index (χ2v) is 6.27. The molecule has 140 valence electrons. The van der Waals surface area contributed by atoms with Crippen LogP contribution in [-0.2, 0) is 6.61 Å². The highest BCUT2D eigenvalue weighted by Gasteiger charge is 2.09. The van der Waals surface area contributed by atoms with Gasteiger partial charge < -0.3 is 14.5 Å². The van der Waals surface area contributed by atoms with Crippen molar-refractivity contribution in [2.75, 3.05) is 5.32 Å². The van der Waals surface area contributed by atoms with E-state index in [0.717, 1.165) is 5.56 Å². The summed E-state index contributed by atoms with van der Waals surface area (Å²) in [7, 11) is 0. The van der Waals surface area contributed by atoms with Crippen molar-refractivity contribution in [1.82, 2.24) is 9.38 Å². The molecule has 0 saturated heterocycles. The minimum Gasteiger partial charge on any atom is -0.487 e. The van der Waals surface area contributed by atoms with Crippen molar-refractivity contribution in [3.8, 4) is 5.75 Å². The second kappa shape index (κ2) is 7.40. The highest BCUT2D eigenvalue weighted by molar-refractivity contribution is 6.02. The molecular weight excluding hydrogens is 358 g/mol. The van der Waals surface area contributed by atoms with Crippen molar-refractivity contribution in [3.05, 3.63) is 94.4 Å². The Balaban J connectivity index is 1.48. The van der Waals surface area contributed by atoms with Crippen LogP contribution in [0.5, 0.6) is 5.75 Å². The fourth-order valence-electron chi connectivity index (χ4n) is 2.75. The molecule has 0 fully saturated rings. The van der Waals surface area contributed by atoms with E-state index in [2.05, 4.69) is 10.3 Å². The van der Waals surface area contributed by atoms with Gasteiger partial charge in [-0.15, -0.1) is 0 Å². The van der Waals surface area contributed by atoms with Crippen molar-refractivity contribution >= 4 is 17.2 Å². The van der Waals surface area contributed by atoms with E-state index in [1.165, 1.54) is 16.7 Å². The van der Waals surface area contributed by atoms with E-state index < -0.39 is 0 Å². The van der Waals surface area contributed by atoms with Gasteiger partial charge in [0.15, 0.2) is 5.76 Å². The molecule has 0 radical (unpaired) electrons. The van der Waals surface area contributed by atoms with Gasteiger partial charge in [-0.3, -0.25) is 14.0 Å². The van der Waals surface area contributed by atoms with Crippen LogP contribution >= 0.6 is 0 Å². The summed E-state index contributed by atoms with van der Waals surface area (Å²) in [6, 6.07) is 15.3. The number of aryl methyl sites for hydroxylation is 1. The van der Waals surface area contributed by atoms with Crippen LogP contribution in [0.3, 0.4) is 0 Å². The molecule has 1 amide bonds. The van der Waals surface area contributed by atoms with E-state index in [1.54, 1.807) is 42.6 Å². The van der Waals surface area contributed by atoms with Gasteiger partial charge in [-0.25, -0.2) is 4.98 Å². The molecule has 28 heavy (non-hydrogen) atoms. The van der Waals surface area contributed by atoms with Gasteiger partial charge in [-0.1, -0.05) is 6.07 Å². The van der Waals surface area contributed by atoms with Gasteiger partial charge >= 0.3 is 0 Å². The number of nitrogens with zero attached hydrogens (tertiary/aromatic N) is 2. The Hall–Kier alpha value is -3.87. The van der Waals surface area contributed by atoms with Crippen molar-refractivity contribution in [3.63, 3.8) is 0 Å². The maximum absolute atomic E-state index is 12.2. The number of rotatable bonds is 5. The Bertz CT molecular complexity index is 1200. The summed E-state index contributed by atoms with van der Waals surface area (Å²) >= 11 is 0. The summed E-state index contributed by atoms with van der Waals surface area (Å²) in [6.07, 6.45) is 3.14. The molecule has 0 aliphatic heterocycles. The summed E-state index contributed by atoms with van der Waals surface area (Å²) in [5, 5.41) is 2.74. The Morgan fingerprint density at radius 3 is 2.89 bits per heavy atom. The highest BCUT2D eigenvalue weighted by Crippen LogP contribution is 2.19. The lowest BCUT2D eigenvalue weighted by molar-refractivity contribution is 0.0996. The molecule has 0 bridgehead atoms. The first-order valence-corrected chi connectivity index (χ1v) is 8.65. The number of nitrogens with one attached hydrogen (secondary N) is 1. The molecule has 0 aliphatic carbocycles. The normalized spacial score (nSPS) is 10.8. The van der Waals surface area contributed by atoms with Gasteiger partial charge in [0.2, 0.25) is 0 Å². The van der Waals surface area contributed by atoms with Gasteiger partial charge in [-0.05, 0) is 48.9 Å². The van der Waals surface area contributed by atoms with Gasteiger partial charge in [0.1, 0.15) is 18.0 Å². The molecular formula is C21H17N3O4. The average molecular weight is 375 g/mol. The van der Waals surface area contributed by atoms with Crippen LogP contribution < -0.4 is 15.6 Å². The van der Waals surface area contributed by atoms with E-state index in [0.29, 0.717) is 22.8 Å². The van der Waals surface area contributed by atoms with Crippen LogP contribution in [0.1, 0.15) is 21.8 Å². The Morgan fingerprint density at radius 2 is 2.07 bits per heavy atom. The third-order valence-electron chi connectivity index (χ3n) is 4.10. The molecule has 0 unspecified atom stereocenters. The monoisotopic (exact) mass is 375 g/mol. The number of furan rings is 1. The summed E-state index contributed by atoms with van der Waals surface area (Å²) < 4.78 is 12.3. The molecule has 0 saturated carbocycles. The van der Waals surface area contributed by atoms with Crippen LogP contribution in [-0.4, -0.2) is 15.3 Å². The molecule has 3 heterocycles. The zero-order valence-corrected chi connectivity index (χ0v) is 15.1. The molecule has 1 aromatic carbocycles. The predicted octanol–water partition coefficient (Wildman–Crippen LogP) is 3.43. The van der Waals surface area contributed by atoms with E-state index >= 15 is 0 Å². The predicted molar refractivity (Wildman–Crippen MR) is 104 cm³/mol. The fraction of sp³-hybridized carbons (Fsp3) is 0.0952. The first-order chi connectivity index (χ1) is 13.6. The largest absolute Gasteiger partial charge is 0.487 e. The first-order valence-electron chi connectivity index (χ1n) is 8.65. The van der Waals surface area contributed by atoms with Crippen molar-refractivity contribution in [1.29, 1.82) is 0 Å². The van der Waals surface area contributed by atoms with Gasteiger partial charge in [0, 0.05) is 24.0 Å². The van der Waals surface area contributed by atoms with E-state index in [-0.39, 0.29) is 23.8 Å². The summed E-state index contributed by atoms with van der Waals surface area (Å²) in [5.74, 6) is 0.424. The zero-order chi connectivity index (χ0) is 19.5. The number of aromatic nitrogens is 2. The third kappa shape index (κ3) is 3.78. The van der Waals surface area contributed by atoms with Crippen LogP contribution in [0.15, 0.2) is 76.3 Å². The lowest BCUT2D eigenvalue weighted by Crippen LogP contribution is -2.16. The van der Waals surface area contributed by atoms with Crippen LogP contribution in [0.25, 0.3) is 5.65 Å². The summed E-state index contributed by atoms with van der Waals surface area (Å²) in [6.45, 7) is 2.08. The molecule has 0 atom stereocenters. The fourth-order valence-corrected chi connectivity index (χ4v) is 2.75. The molecule has 7 heteroatoms. The van der Waals surface area contributed by atoms with Crippen molar-refractivity contribution in [2.45, 2.75) is 13.5 Å². The minimum atomic E-state index is -0.346. The van der Waals surface area contributed by atoms with Crippen LogP contribution in [0, 0.1) is 6.92 Å². The van der Waals surface area contributed by atoms with Crippen molar-refractivity contribution in [2.24, 2.45) is 0 Å². The Morgan fingerprint density at radius 1 is 1.18 bits per heavy atom. The number of benzene rings is 1. The molecule has 4 aromatic rings. The quantitative estimate of drug-likeness (QED) is 0.578. The number of fused-ring (bicyclic) bond motifs is 1. The number of anilines is 1. The SMILES string of the molecule is Cc1ccn2c(=O)cc(COc3cccc(NC(=O)c4ccco4)c3)nc2c1. The molecule has 0 spiro atoms. The Labute approximate surface area is 160 Å². The minimum absolute atomic E-state index is 0.134. The number of amides is 1. The molecule has 4 rings (SSSR count). The zero-order valence-electron chi connectivity index (χ0n) is 15.1. The van der Waals surface area contributed by atoms with Gasteiger partial charge in [0.25, 0.3) is 11.5 Å². The number of hydrogen-bond donors (Lipinski definition) is 1. The number of hydrogen-bond acceptors (Lipinski definition) is 5. The average Bonchev–Trinajstić information content (AvgIpc) is 3.21. The third-order valence-corrected chi connectivity index (χ3v) is 4.10. The topological polar surface area (TPSA) is 85.8 Å².